The molecule has 1 fully saturated rings. The second kappa shape index (κ2) is 11.1. The fraction of sp³-hybridized carbons (Fsp3) is 0.321. The summed E-state index contributed by atoms with van der Waals surface area (Å²) < 4.78 is 28.2. The van der Waals surface area contributed by atoms with Crippen molar-refractivity contribution in [3.05, 3.63) is 95.1 Å². The van der Waals surface area contributed by atoms with E-state index in [9.17, 15) is 13.2 Å². The number of carbonyl (C=O) groups excluding carboxylic acids is 1. The van der Waals surface area contributed by atoms with Crippen molar-refractivity contribution in [3.63, 3.8) is 0 Å². The molecule has 4 rings (SSSR count). The summed E-state index contributed by atoms with van der Waals surface area (Å²) in [6, 6.07) is 21.9. The van der Waals surface area contributed by atoms with Crippen molar-refractivity contribution in [3.8, 4) is 0 Å². The number of benzene rings is 3. The molecule has 0 unspecified atom stereocenters. The zero-order valence-corrected chi connectivity index (χ0v) is 21.2. The Morgan fingerprint density at radius 3 is 2.31 bits per heavy atom. The number of amides is 1. The third-order valence-electron chi connectivity index (χ3n) is 6.48. The fourth-order valence-corrected chi connectivity index (χ4v) is 5.77. The van der Waals surface area contributed by atoms with E-state index in [1.54, 1.807) is 36.4 Å². The van der Waals surface area contributed by atoms with Gasteiger partial charge in [0, 0.05) is 13.1 Å². The van der Waals surface area contributed by atoms with Crippen LogP contribution in [0.25, 0.3) is 0 Å². The highest BCUT2D eigenvalue weighted by molar-refractivity contribution is 7.92. The van der Waals surface area contributed by atoms with E-state index in [0.29, 0.717) is 12.2 Å². The highest BCUT2D eigenvalue weighted by Crippen LogP contribution is 2.25. The van der Waals surface area contributed by atoms with Gasteiger partial charge in [-0.15, -0.1) is 0 Å². The molecule has 0 saturated carbocycles. The number of aryl methyl sites for hydroxylation is 2. The predicted molar refractivity (Wildman–Crippen MR) is 140 cm³/mol. The van der Waals surface area contributed by atoms with E-state index in [0.717, 1.165) is 36.3 Å². The molecule has 0 radical (unpaired) electrons. The smallest absolute Gasteiger partial charge is 0.264 e. The second-order valence-corrected chi connectivity index (χ2v) is 11.0. The summed E-state index contributed by atoms with van der Waals surface area (Å²) in [6.45, 7) is 7.13. The van der Waals surface area contributed by atoms with Crippen LogP contribution in [-0.2, 0) is 27.9 Å². The maximum atomic E-state index is 13.5. The van der Waals surface area contributed by atoms with Crippen LogP contribution in [0.15, 0.2) is 77.7 Å². The second-order valence-electron chi connectivity index (χ2n) is 9.17. The van der Waals surface area contributed by atoms with E-state index < -0.39 is 10.0 Å². The molecule has 3 aromatic carbocycles. The molecule has 3 aromatic rings. The molecular weight excluding hydrogens is 458 g/mol. The third kappa shape index (κ3) is 6.29. The molecule has 184 valence electrons. The lowest BCUT2D eigenvalue weighted by atomic mass is 10.1. The molecule has 0 bridgehead atoms. The van der Waals surface area contributed by atoms with Gasteiger partial charge in [0.15, 0.2) is 0 Å². The number of carbonyl (C=O) groups is 1. The van der Waals surface area contributed by atoms with Gasteiger partial charge in [0.05, 0.1) is 10.6 Å². The number of anilines is 1. The minimum absolute atomic E-state index is 0.153. The van der Waals surface area contributed by atoms with E-state index in [2.05, 4.69) is 22.3 Å². The Labute approximate surface area is 208 Å². The first-order valence-electron chi connectivity index (χ1n) is 12.0. The van der Waals surface area contributed by atoms with Crippen molar-refractivity contribution < 1.29 is 13.2 Å². The number of likely N-dealkylation sites (tertiary alicyclic amines) is 1. The van der Waals surface area contributed by atoms with Crippen LogP contribution in [0, 0.1) is 13.8 Å². The van der Waals surface area contributed by atoms with Gasteiger partial charge in [-0.1, -0.05) is 48.5 Å². The monoisotopic (exact) mass is 491 g/mol. The van der Waals surface area contributed by atoms with Gasteiger partial charge in [-0.05, 0) is 86.3 Å². The Morgan fingerprint density at radius 2 is 1.60 bits per heavy atom. The summed E-state index contributed by atoms with van der Waals surface area (Å²) in [5.74, 6) is -0.354. The summed E-state index contributed by atoms with van der Waals surface area (Å²) >= 11 is 0. The highest BCUT2D eigenvalue weighted by atomic mass is 32.2. The number of nitrogens with one attached hydrogen (secondary N) is 1. The molecule has 0 aliphatic carbocycles. The maximum absolute atomic E-state index is 13.5. The Hall–Kier alpha value is -3.16. The van der Waals surface area contributed by atoms with E-state index in [1.165, 1.54) is 22.7 Å². The van der Waals surface area contributed by atoms with Crippen LogP contribution in [0.2, 0.25) is 0 Å². The van der Waals surface area contributed by atoms with Crippen molar-refractivity contribution in [2.24, 2.45) is 0 Å². The average molecular weight is 492 g/mol. The first kappa shape index (κ1) is 24.9. The summed E-state index contributed by atoms with van der Waals surface area (Å²) in [5, 5.41) is 2.91. The molecule has 6 nitrogen and oxygen atoms in total. The van der Waals surface area contributed by atoms with Crippen LogP contribution in [0.4, 0.5) is 5.69 Å². The number of nitrogens with zero attached hydrogens (tertiary/aromatic N) is 2. The van der Waals surface area contributed by atoms with Crippen LogP contribution < -0.4 is 9.62 Å². The quantitative estimate of drug-likeness (QED) is 0.481. The predicted octanol–water partition coefficient (Wildman–Crippen LogP) is 4.41. The number of hydrogen-bond donors (Lipinski definition) is 1. The van der Waals surface area contributed by atoms with Gasteiger partial charge in [-0.25, -0.2) is 8.42 Å². The van der Waals surface area contributed by atoms with Crippen LogP contribution in [-0.4, -0.2) is 38.9 Å². The van der Waals surface area contributed by atoms with E-state index in [1.807, 2.05) is 38.1 Å². The topological polar surface area (TPSA) is 69.7 Å². The van der Waals surface area contributed by atoms with Crippen molar-refractivity contribution in [1.29, 1.82) is 0 Å². The van der Waals surface area contributed by atoms with Crippen LogP contribution in [0.1, 0.15) is 35.1 Å². The first-order valence-corrected chi connectivity index (χ1v) is 13.5. The van der Waals surface area contributed by atoms with Gasteiger partial charge < -0.3 is 5.32 Å². The zero-order chi connectivity index (χ0) is 24.8. The largest absolute Gasteiger partial charge is 0.350 e. The Bertz CT molecular complexity index is 1270. The van der Waals surface area contributed by atoms with Gasteiger partial charge in [-0.2, -0.15) is 0 Å². The van der Waals surface area contributed by atoms with Gasteiger partial charge in [0.1, 0.15) is 6.54 Å². The molecule has 0 atom stereocenters. The molecule has 7 heteroatoms. The van der Waals surface area contributed by atoms with Crippen molar-refractivity contribution >= 4 is 21.6 Å². The summed E-state index contributed by atoms with van der Waals surface area (Å²) in [4.78, 5) is 15.6. The lowest BCUT2D eigenvalue weighted by Crippen LogP contribution is -2.40. The number of hydrogen-bond acceptors (Lipinski definition) is 4. The standard InChI is InChI=1S/C28H33N3O3S/c1-22-13-14-26(17-23(22)2)31(35(33,34)27-11-4-3-5-12-27)21-28(32)29-19-24-9-8-10-25(18-24)20-30-15-6-7-16-30/h3-5,8-14,17-18H,6-7,15-16,19-21H2,1-2H3,(H,29,32). The molecular formula is C28H33N3O3S. The Morgan fingerprint density at radius 1 is 0.886 bits per heavy atom. The van der Waals surface area contributed by atoms with Gasteiger partial charge in [0.25, 0.3) is 10.0 Å². The summed E-state index contributed by atoms with van der Waals surface area (Å²) in [7, 11) is -3.91. The molecule has 0 spiro atoms. The lowest BCUT2D eigenvalue weighted by molar-refractivity contribution is -0.119. The average Bonchev–Trinajstić information content (AvgIpc) is 3.37. The number of sulfonamides is 1. The molecule has 1 heterocycles. The molecule has 1 saturated heterocycles. The number of rotatable bonds is 9. The van der Waals surface area contributed by atoms with Crippen molar-refractivity contribution in [2.75, 3.05) is 23.9 Å². The van der Waals surface area contributed by atoms with Gasteiger partial charge in [-0.3, -0.25) is 14.0 Å². The van der Waals surface area contributed by atoms with E-state index in [4.69, 9.17) is 0 Å². The van der Waals surface area contributed by atoms with Crippen LogP contribution >= 0.6 is 0 Å². The zero-order valence-electron chi connectivity index (χ0n) is 20.4. The molecule has 35 heavy (non-hydrogen) atoms. The normalized spacial score (nSPS) is 14.1. The van der Waals surface area contributed by atoms with Crippen molar-refractivity contribution in [1.82, 2.24) is 10.2 Å². The first-order chi connectivity index (χ1) is 16.8. The summed E-state index contributed by atoms with van der Waals surface area (Å²) in [5.41, 5.74) is 4.72. The van der Waals surface area contributed by atoms with Crippen molar-refractivity contribution in [2.45, 2.75) is 44.7 Å². The Balaban J connectivity index is 1.49. The van der Waals surface area contributed by atoms with Crippen LogP contribution in [0.5, 0.6) is 0 Å². The van der Waals surface area contributed by atoms with Gasteiger partial charge in [0.2, 0.25) is 5.91 Å². The lowest BCUT2D eigenvalue weighted by Gasteiger charge is -2.25. The summed E-state index contributed by atoms with van der Waals surface area (Å²) in [6.07, 6.45) is 2.50. The van der Waals surface area contributed by atoms with Gasteiger partial charge >= 0.3 is 0 Å². The molecule has 1 aliphatic rings. The SMILES string of the molecule is Cc1ccc(N(CC(=O)NCc2cccc(CN3CCCC3)c2)S(=O)(=O)c2ccccc2)cc1C. The molecule has 1 amide bonds. The minimum Gasteiger partial charge on any atom is -0.350 e. The molecule has 1 N–H and O–H groups in total. The minimum atomic E-state index is -3.91. The fourth-order valence-electron chi connectivity index (χ4n) is 4.34. The Kier molecular flexibility index (Phi) is 7.88. The van der Waals surface area contributed by atoms with E-state index in [-0.39, 0.29) is 17.3 Å². The maximum Gasteiger partial charge on any atom is 0.264 e. The molecule has 1 aliphatic heterocycles. The van der Waals surface area contributed by atoms with E-state index >= 15 is 0 Å². The molecule has 0 aromatic heterocycles. The van der Waals surface area contributed by atoms with Crippen LogP contribution in [0.3, 0.4) is 0 Å². The third-order valence-corrected chi connectivity index (χ3v) is 8.27. The highest BCUT2D eigenvalue weighted by Gasteiger charge is 2.27.